The van der Waals surface area contributed by atoms with Crippen molar-refractivity contribution in [1.82, 2.24) is 15.8 Å². The number of nitrogens with zero attached hydrogens (tertiary/aromatic N) is 2. The smallest absolute Gasteiger partial charge is 0.266 e. The summed E-state index contributed by atoms with van der Waals surface area (Å²) in [5.41, 5.74) is 7.27. The number of hydrogen-bond acceptors (Lipinski definition) is 8. The fourth-order valence-corrected chi connectivity index (χ4v) is 6.09. The molecule has 3 aromatic carbocycles. The lowest BCUT2D eigenvalue weighted by Gasteiger charge is -2.32. The van der Waals surface area contributed by atoms with Crippen LogP contribution in [0.1, 0.15) is 29.2 Å². The van der Waals surface area contributed by atoms with E-state index in [1.54, 1.807) is 0 Å². The number of carbonyl (C=O) groups excluding carboxylic acids is 1. The first-order valence-electron chi connectivity index (χ1n) is 14.4. The largest absolute Gasteiger partial charge is 0.494 e. The van der Waals surface area contributed by atoms with E-state index in [4.69, 9.17) is 24.3 Å². The molecule has 1 saturated heterocycles. The Hall–Kier alpha value is -2.80. The molecule has 0 radical (unpaired) electrons. The van der Waals surface area contributed by atoms with E-state index >= 15 is 0 Å². The quantitative estimate of drug-likeness (QED) is 0.178. The zero-order valence-electron chi connectivity index (χ0n) is 23.8. The molecular formula is C32H36Br2N4O5. The molecule has 2 heterocycles. The number of ether oxygens (including phenoxy) is 3. The highest BCUT2D eigenvalue weighted by molar-refractivity contribution is 9.10. The first-order valence-corrected chi connectivity index (χ1v) is 16.0. The molecule has 0 aromatic heterocycles. The van der Waals surface area contributed by atoms with E-state index in [1.165, 1.54) is 0 Å². The van der Waals surface area contributed by atoms with E-state index < -0.39 is 11.6 Å². The first kappa shape index (κ1) is 31.6. The number of morpholine rings is 1. The summed E-state index contributed by atoms with van der Waals surface area (Å²) in [7, 11) is 0. The molecular weight excluding hydrogens is 680 g/mol. The van der Waals surface area contributed by atoms with Crippen molar-refractivity contribution in [3.63, 3.8) is 0 Å². The Morgan fingerprint density at radius 2 is 1.74 bits per heavy atom. The van der Waals surface area contributed by atoms with E-state index in [2.05, 4.69) is 47.6 Å². The SMILES string of the molecule is O=C(NNCCN1CCOCC1)[C@@]1(Cc2ccccc2Br)N=C(c2ccc(OCCCO)cc2)O[C@H]1c1ccccc1Br. The van der Waals surface area contributed by atoms with Gasteiger partial charge in [0.1, 0.15) is 5.75 Å². The molecule has 9 nitrogen and oxygen atoms in total. The zero-order chi connectivity index (χ0) is 30.1. The maximum Gasteiger partial charge on any atom is 0.266 e. The summed E-state index contributed by atoms with van der Waals surface area (Å²) >= 11 is 7.37. The van der Waals surface area contributed by atoms with E-state index in [1.807, 2.05) is 72.8 Å². The van der Waals surface area contributed by atoms with Crippen LogP contribution in [0.3, 0.4) is 0 Å². The van der Waals surface area contributed by atoms with Gasteiger partial charge in [-0.2, -0.15) is 0 Å². The summed E-state index contributed by atoms with van der Waals surface area (Å²) < 4.78 is 19.5. The maximum absolute atomic E-state index is 14.3. The van der Waals surface area contributed by atoms with Gasteiger partial charge >= 0.3 is 0 Å². The normalized spacial score (nSPS) is 20.3. The summed E-state index contributed by atoms with van der Waals surface area (Å²) in [6, 6.07) is 23.0. The van der Waals surface area contributed by atoms with Crippen molar-refractivity contribution in [3.05, 3.63) is 98.4 Å². The standard InChI is InChI=1S/C32H36Br2N4O5/c33-27-8-3-1-6-24(27)22-32(31(40)37-35-14-15-38-16-20-41-21-17-38)29(26-7-2-4-9-28(26)34)43-30(36-32)23-10-12-25(13-11-23)42-19-5-18-39/h1-4,6-13,29,35,39H,5,14-22H2,(H,37,40)/t29-,32-/m0/s1. The van der Waals surface area contributed by atoms with Crippen LogP contribution in [0.4, 0.5) is 0 Å². The first-order chi connectivity index (χ1) is 21.0. The number of amides is 1. The summed E-state index contributed by atoms with van der Waals surface area (Å²) in [6.07, 6.45) is 0.133. The topological polar surface area (TPSA) is 105 Å². The molecule has 3 aromatic rings. The Bertz CT molecular complexity index is 1400. The minimum Gasteiger partial charge on any atom is -0.494 e. The van der Waals surface area contributed by atoms with Crippen LogP contribution in [0, 0.1) is 0 Å². The number of aliphatic hydroxyl groups is 1. The minimum absolute atomic E-state index is 0.0723. The highest BCUT2D eigenvalue weighted by atomic mass is 79.9. The molecule has 0 spiro atoms. The Labute approximate surface area is 268 Å². The minimum atomic E-state index is -1.33. The van der Waals surface area contributed by atoms with Crippen molar-refractivity contribution in [2.75, 3.05) is 52.6 Å². The number of nitrogens with one attached hydrogen (secondary N) is 2. The van der Waals surface area contributed by atoms with Gasteiger partial charge in [-0.15, -0.1) is 0 Å². The third-order valence-electron chi connectivity index (χ3n) is 7.49. The van der Waals surface area contributed by atoms with E-state index in [0.717, 1.165) is 58.5 Å². The average molecular weight is 716 g/mol. The number of halogens is 2. The fraction of sp³-hybridized carbons (Fsp3) is 0.375. The number of hydrazine groups is 1. The molecule has 1 amide bonds. The molecule has 11 heteroatoms. The Morgan fingerprint density at radius 1 is 1.02 bits per heavy atom. The molecule has 2 aliphatic rings. The van der Waals surface area contributed by atoms with Crippen molar-refractivity contribution in [2.45, 2.75) is 24.5 Å². The number of aliphatic hydroxyl groups excluding tert-OH is 1. The van der Waals surface area contributed by atoms with Crippen LogP contribution in [-0.4, -0.2) is 80.0 Å². The fourth-order valence-electron chi connectivity index (χ4n) is 5.17. The number of rotatable bonds is 13. The number of aliphatic imine (C=N–C) groups is 1. The second-order valence-corrected chi connectivity index (χ2v) is 12.1. The number of benzene rings is 3. The molecule has 43 heavy (non-hydrogen) atoms. The third kappa shape index (κ3) is 7.84. The molecule has 2 aliphatic heterocycles. The molecule has 0 saturated carbocycles. The van der Waals surface area contributed by atoms with Crippen LogP contribution in [0.5, 0.6) is 5.75 Å². The zero-order valence-corrected chi connectivity index (χ0v) is 27.0. The number of hydrogen-bond donors (Lipinski definition) is 3. The average Bonchev–Trinajstić information content (AvgIpc) is 3.42. The molecule has 2 atom stereocenters. The van der Waals surface area contributed by atoms with Gasteiger partial charge in [-0.25, -0.2) is 10.4 Å². The van der Waals surface area contributed by atoms with Crippen molar-refractivity contribution in [1.29, 1.82) is 0 Å². The van der Waals surface area contributed by atoms with Crippen LogP contribution < -0.4 is 15.6 Å². The van der Waals surface area contributed by atoms with Gasteiger partial charge in [-0.1, -0.05) is 68.3 Å². The summed E-state index contributed by atoms with van der Waals surface area (Å²) in [5, 5.41) is 9.05. The molecule has 5 rings (SSSR count). The van der Waals surface area contributed by atoms with Crippen LogP contribution in [0.15, 0.2) is 86.7 Å². The molecule has 0 bridgehead atoms. The van der Waals surface area contributed by atoms with Gasteiger partial charge in [0.2, 0.25) is 5.90 Å². The van der Waals surface area contributed by atoms with Crippen LogP contribution >= 0.6 is 31.9 Å². The maximum atomic E-state index is 14.3. The second-order valence-electron chi connectivity index (χ2n) is 10.4. The second kappa shape index (κ2) is 15.3. The molecule has 3 N–H and O–H groups in total. The summed E-state index contributed by atoms with van der Waals surface area (Å²) in [4.78, 5) is 21.7. The van der Waals surface area contributed by atoms with Gasteiger partial charge in [0.05, 0.1) is 19.8 Å². The van der Waals surface area contributed by atoms with Crippen molar-refractivity contribution >= 4 is 43.7 Å². The predicted octanol–water partition coefficient (Wildman–Crippen LogP) is 4.43. The van der Waals surface area contributed by atoms with Crippen molar-refractivity contribution in [2.24, 2.45) is 4.99 Å². The van der Waals surface area contributed by atoms with Crippen LogP contribution in [0.25, 0.3) is 0 Å². The summed E-state index contributed by atoms with van der Waals surface area (Å²) in [6.45, 7) is 5.04. The molecule has 1 fully saturated rings. The predicted molar refractivity (Wildman–Crippen MR) is 172 cm³/mol. The Balaban J connectivity index is 1.47. The lowest BCUT2D eigenvalue weighted by Crippen LogP contribution is -2.55. The van der Waals surface area contributed by atoms with Gasteiger partial charge < -0.3 is 19.3 Å². The third-order valence-corrected chi connectivity index (χ3v) is 8.99. The van der Waals surface area contributed by atoms with Gasteiger partial charge in [0.25, 0.3) is 5.91 Å². The van der Waals surface area contributed by atoms with Gasteiger partial charge in [-0.3, -0.25) is 15.1 Å². The van der Waals surface area contributed by atoms with Crippen LogP contribution in [-0.2, 0) is 20.7 Å². The van der Waals surface area contributed by atoms with E-state index in [0.29, 0.717) is 37.6 Å². The van der Waals surface area contributed by atoms with E-state index in [-0.39, 0.29) is 12.5 Å². The highest BCUT2D eigenvalue weighted by Crippen LogP contribution is 2.45. The van der Waals surface area contributed by atoms with Gasteiger partial charge in [0, 0.05) is 65.7 Å². The molecule has 0 unspecified atom stereocenters. The van der Waals surface area contributed by atoms with Gasteiger partial charge in [0.15, 0.2) is 11.6 Å². The monoisotopic (exact) mass is 714 g/mol. The molecule has 228 valence electrons. The lowest BCUT2D eigenvalue weighted by molar-refractivity contribution is -0.130. The van der Waals surface area contributed by atoms with E-state index in [9.17, 15) is 4.79 Å². The highest BCUT2D eigenvalue weighted by Gasteiger charge is 2.54. The Kier molecular flexibility index (Phi) is 11.2. The lowest BCUT2D eigenvalue weighted by atomic mass is 9.82. The van der Waals surface area contributed by atoms with Crippen LogP contribution in [0.2, 0.25) is 0 Å². The molecule has 0 aliphatic carbocycles. The van der Waals surface area contributed by atoms with Crippen molar-refractivity contribution in [3.8, 4) is 5.75 Å². The Morgan fingerprint density at radius 3 is 2.47 bits per heavy atom. The van der Waals surface area contributed by atoms with Crippen molar-refractivity contribution < 1.29 is 24.1 Å². The number of carbonyl (C=O) groups is 1. The summed E-state index contributed by atoms with van der Waals surface area (Å²) in [5.74, 6) is 0.767. The van der Waals surface area contributed by atoms with Gasteiger partial charge in [-0.05, 0) is 42.0 Å².